The lowest BCUT2D eigenvalue weighted by Crippen LogP contribution is -2.49. The first-order chi connectivity index (χ1) is 8.77. The summed E-state index contributed by atoms with van der Waals surface area (Å²) in [5.41, 5.74) is 0.405. The lowest BCUT2D eigenvalue weighted by Gasteiger charge is -2.35. The molecule has 1 aromatic rings. The molecule has 1 aliphatic heterocycles. The van der Waals surface area contributed by atoms with Gasteiger partial charge in [0.1, 0.15) is 5.01 Å². The van der Waals surface area contributed by atoms with Crippen molar-refractivity contribution in [3.05, 3.63) is 16.6 Å². The second-order valence-corrected chi connectivity index (χ2v) is 6.86. The maximum absolute atomic E-state index is 4.45. The van der Waals surface area contributed by atoms with Gasteiger partial charge in [-0.15, -0.1) is 11.3 Å². The third-order valence-electron chi connectivity index (χ3n) is 4.57. The third kappa shape index (κ3) is 2.60. The molecule has 2 heterocycles. The molecule has 1 N–H and O–H groups in total. The molecule has 0 amide bonds. The zero-order valence-corrected chi connectivity index (χ0v) is 12.0. The molecular formula is C14H23N3S. The van der Waals surface area contributed by atoms with Crippen molar-refractivity contribution >= 4 is 11.3 Å². The number of hydrogen-bond acceptors (Lipinski definition) is 4. The van der Waals surface area contributed by atoms with E-state index in [1.54, 1.807) is 11.3 Å². The first kappa shape index (κ1) is 12.6. The van der Waals surface area contributed by atoms with E-state index in [0.717, 1.165) is 6.54 Å². The Bertz CT molecular complexity index is 370. The van der Waals surface area contributed by atoms with E-state index in [0.29, 0.717) is 11.6 Å². The van der Waals surface area contributed by atoms with Crippen molar-refractivity contribution in [2.75, 3.05) is 13.1 Å². The van der Waals surface area contributed by atoms with Gasteiger partial charge in [-0.05, 0) is 32.7 Å². The lowest BCUT2D eigenvalue weighted by molar-refractivity contribution is 0.160. The molecule has 0 bridgehead atoms. The van der Waals surface area contributed by atoms with Crippen molar-refractivity contribution in [2.45, 2.75) is 57.2 Å². The molecule has 0 radical (unpaired) electrons. The molecule has 3 rings (SSSR count). The van der Waals surface area contributed by atoms with E-state index in [1.807, 2.05) is 6.20 Å². The second kappa shape index (κ2) is 5.27. The summed E-state index contributed by atoms with van der Waals surface area (Å²) in [6, 6.07) is 0.668. The Labute approximate surface area is 114 Å². The highest BCUT2D eigenvalue weighted by Crippen LogP contribution is 2.33. The molecular weight excluding hydrogens is 242 g/mol. The average Bonchev–Trinajstić information content (AvgIpc) is 2.97. The molecule has 1 aromatic heterocycles. The van der Waals surface area contributed by atoms with Crippen LogP contribution in [-0.2, 0) is 6.54 Å². The van der Waals surface area contributed by atoms with Gasteiger partial charge in [0.15, 0.2) is 0 Å². The molecule has 18 heavy (non-hydrogen) atoms. The Morgan fingerprint density at radius 2 is 2.33 bits per heavy atom. The molecule has 0 aromatic carbocycles. The third-order valence-corrected chi connectivity index (χ3v) is 5.34. The number of thiazole rings is 1. The fraction of sp³-hybridized carbons (Fsp3) is 0.786. The highest BCUT2D eigenvalue weighted by Gasteiger charge is 2.38. The van der Waals surface area contributed by atoms with Gasteiger partial charge >= 0.3 is 0 Å². The summed E-state index contributed by atoms with van der Waals surface area (Å²) in [4.78, 5) is 7.09. The first-order valence-corrected chi connectivity index (χ1v) is 8.03. The fourth-order valence-electron chi connectivity index (χ4n) is 3.43. The maximum atomic E-state index is 4.45. The van der Waals surface area contributed by atoms with Gasteiger partial charge in [-0.2, -0.15) is 0 Å². The molecule has 1 aliphatic carbocycles. The van der Waals surface area contributed by atoms with Crippen LogP contribution in [0.15, 0.2) is 11.6 Å². The van der Waals surface area contributed by atoms with E-state index in [-0.39, 0.29) is 0 Å². The topological polar surface area (TPSA) is 28.2 Å². The summed E-state index contributed by atoms with van der Waals surface area (Å²) >= 11 is 1.78. The summed E-state index contributed by atoms with van der Waals surface area (Å²) in [7, 11) is 0. The molecule has 2 fully saturated rings. The summed E-state index contributed by atoms with van der Waals surface area (Å²) in [6.45, 7) is 5.77. The van der Waals surface area contributed by atoms with Crippen molar-refractivity contribution in [2.24, 2.45) is 0 Å². The lowest BCUT2D eigenvalue weighted by atomic mass is 9.97. The van der Waals surface area contributed by atoms with Gasteiger partial charge in [-0.3, -0.25) is 4.90 Å². The van der Waals surface area contributed by atoms with Gasteiger partial charge < -0.3 is 5.32 Å². The maximum Gasteiger partial charge on any atom is 0.107 e. The predicted octanol–water partition coefficient (Wildman–Crippen LogP) is 2.64. The number of nitrogens with zero attached hydrogens (tertiary/aromatic N) is 2. The van der Waals surface area contributed by atoms with Crippen molar-refractivity contribution in [1.82, 2.24) is 15.2 Å². The van der Waals surface area contributed by atoms with E-state index in [1.165, 1.54) is 50.2 Å². The van der Waals surface area contributed by atoms with Crippen molar-refractivity contribution < 1.29 is 0 Å². The van der Waals surface area contributed by atoms with Crippen LogP contribution in [0.25, 0.3) is 0 Å². The second-order valence-electron chi connectivity index (χ2n) is 5.88. The summed E-state index contributed by atoms with van der Waals surface area (Å²) < 4.78 is 0. The quantitative estimate of drug-likeness (QED) is 0.891. The minimum atomic E-state index is 0.405. The Morgan fingerprint density at radius 3 is 3.06 bits per heavy atom. The Balaban J connectivity index is 1.73. The predicted molar refractivity (Wildman–Crippen MR) is 75.8 cm³/mol. The molecule has 1 spiro atoms. The number of rotatable bonds is 2. The van der Waals surface area contributed by atoms with Crippen LogP contribution in [0.3, 0.4) is 0 Å². The zero-order valence-electron chi connectivity index (χ0n) is 11.2. The highest BCUT2D eigenvalue weighted by molar-refractivity contribution is 7.09. The van der Waals surface area contributed by atoms with Gasteiger partial charge in [0.05, 0.1) is 6.54 Å². The minimum Gasteiger partial charge on any atom is -0.310 e. The molecule has 4 heteroatoms. The normalized spacial score (nSPS) is 28.6. The van der Waals surface area contributed by atoms with E-state index in [4.69, 9.17) is 0 Å². The Kier molecular flexibility index (Phi) is 3.68. The molecule has 1 unspecified atom stereocenters. The molecule has 3 nitrogen and oxygen atoms in total. The monoisotopic (exact) mass is 265 g/mol. The van der Waals surface area contributed by atoms with Crippen molar-refractivity contribution in [1.29, 1.82) is 0 Å². The standard InChI is InChI=1S/C14H23N3S/c1-12-4-7-16-14(5-2-3-6-14)11-17(12)10-13-15-8-9-18-13/h8-9,12,16H,2-7,10-11H2,1H3. The van der Waals surface area contributed by atoms with Crippen LogP contribution in [0.5, 0.6) is 0 Å². The van der Waals surface area contributed by atoms with Crippen LogP contribution >= 0.6 is 11.3 Å². The molecule has 2 aliphatic rings. The van der Waals surface area contributed by atoms with E-state index >= 15 is 0 Å². The smallest absolute Gasteiger partial charge is 0.107 e. The summed E-state index contributed by atoms with van der Waals surface area (Å²) in [6.07, 6.45) is 8.68. The molecule has 1 saturated carbocycles. The molecule has 100 valence electrons. The van der Waals surface area contributed by atoms with Gasteiger partial charge in [0, 0.05) is 29.7 Å². The van der Waals surface area contributed by atoms with Crippen molar-refractivity contribution in [3.8, 4) is 0 Å². The van der Waals surface area contributed by atoms with Crippen LogP contribution in [-0.4, -0.2) is 34.6 Å². The molecule has 1 atom stereocenters. The first-order valence-electron chi connectivity index (χ1n) is 7.15. The Morgan fingerprint density at radius 1 is 1.50 bits per heavy atom. The SMILES string of the molecule is CC1CCNC2(CCCC2)CN1Cc1nccs1. The van der Waals surface area contributed by atoms with Gasteiger partial charge in [0.25, 0.3) is 0 Å². The molecule has 1 saturated heterocycles. The minimum absolute atomic E-state index is 0.405. The largest absolute Gasteiger partial charge is 0.310 e. The summed E-state index contributed by atoms with van der Waals surface area (Å²) in [5.74, 6) is 0. The number of nitrogens with one attached hydrogen (secondary N) is 1. The summed E-state index contributed by atoms with van der Waals surface area (Å²) in [5, 5.41) is 7.18. The van der Waals surface area contributed by atoms with Crippen LogP contribution in [0.1, 0.15) is 44.0 Å². The van der Waals surface area contributed by atoms with Crippen LogP contribution in [0.2, 0.25) is 0 Å². The average molecular weight is 265 g/mol. The van der Waals surface area contributed by atoms with Gasteiger partial charge in [-0.1, -0.05) is 12.8 Å². The highest BCUT2D eigenvalue weighted by atomic mass is 32.1. The Hall–Kier alpha value is -0.450. The van der Waals surface area contributed by atoms with E-state index in [2.05, 4.69) is 27.5 Å². The van der Waals surface area contributed by atoms with Gasteiger partial charge in [-0.25, -0.2) is 4.98 Å². The van der Waals surface area contributed by atoms with E-state index < -0.39 is 0 Å². The van der Waals surface area contributed by atoms with Crippen LogP contribution in [0.4, 0.5) is 0 Å². The number of aromatic nitrogens is 1. The zero-order chi connectivity index (χ0) is 12.4. The van der Waals surface area contributed by atoms with Crippen LogP contribution < -0.4 is 5.32 Å². The van der Waals surface area contributed by atoms with Crippen LogP contribution in [0, 0.1) is 0 Å². The number of hydrogen-bond donors (Lipinski definition) is 1. The van der Waals surface area contributed by atoms with Crippen molar-refractivity contribution in [3.63, 3.8) is 0 Å². The van der Waals surface area contributed by atoms with Gasteiger partial charge in [0.2, 0.25) is 0 Å². The van der Waals surface area contributed by atoms with E-state index in [9.17, 15) is 0 Å². The fourth-order valence-corrected chi connectivity index (χ4v) is 4.07.